The molecule has 90 valence electrons. The minimum atomic E-state index is 0. The first-order chi connectivity index (χ1) is 7.61. The lowest BCUT2D eigenvalue weighted by Gasteiger charge is -2.13. The summed E-state index contributed by atoms with van der Waals surface area (Å²) in [7, 11) is 0. The topological polar surface area (TPSA) is 104 Å². The summed E-state index contributed by atoms with van der Waals surface area (Å²) < 4.78 is 0. The van der Waals surface area contributed by atoms with Crippen LogP contribution in [0.5, 0.6) is 0 Å². The highest BCUT2D eigenvalue weighted by molar-refractivity contribution is 5.96. The molecule has 0 atom stereocenters. The lowest BCUT2D eigenvalue weighted by atomic mass is 10.0. The fourth-order valence-electron chi connectivity index (χ4n) is 1.61. The Bertz CT molecular complexity index is 521. The molecule has 0 heterocycles. The Hall–Kier alpha value is -2.36. The lowest BCUT2D eigenvalue weighted by molar-refractivity contribution is 1.59. The van der Waals surface area contributed by atoms with Crippen molar-refractivity contribution in [3.8, 4) is 11.1 Å². The van der Waals surface area contributed by atoms with Gasteiger partial charge in [-0.2, -0.15) is 0 Å². The van der Waals surface area contributed by atoms with Gasteiger partial charge in [0.2, 0.25) is 0 Å². The van der Waals surface area contributed by atoms with Crippen molar-refractivity contribution in [2.45, 2.75) is 7.43 Å². The Morgan fingerprint density at radius 2 is 1.29 bits per heavy atom. The van der Waals surface area contributed by atoms with Gasteiger partial charge in [0, 0.05) is 5.56 Å². The van der Waals surface area contributed by atoms with Crippen LogP contribution in [0.2, 0.25) is 0 Å². The van der Waals surface area contributed by atoms with Crippen LogP contribution < -0.4 is 22.9 Å². The van der Waals surface area contributed by atoms with E-state index in [1.165, 1.54) is 0 Å². The van der Waals surface area contributed by atoms with Crippen molar-refractivity contribution >= 4 is 22.7 Å². The molecule has 2 rings (SSSR count). The summed E-state index contributed by atoms with van der Waals surface area (Å²) in [6.45, 7) is 0. The van der Waals surface area contributed by atoms with Crippen LogP contribution >= 0.6 is 0 Å². The molecule has 2 aromatic rings. The van der Waals surface area contributed by atoms with E-state index in [2.05, 4.69) is 0 Å². The van der Waals surface area contributed by atoms with Gasteiger partial charge in [-0.25, -0.2) is 0 Å². The summed E-state index contributed by atoms with van der Waals surface area (Å²) in [6.07, 6.45) is 0. The summed E-state index contributed by atoms with van der Waals surface area (Å²) in [6, 6.07) is 11.4. The maximum absolute atomic E-state index is 5.92. The number of nitrogens with two attached hydrogens (primary N) is 4. The first kappa shape index (κ1) is 12.7. The van der Waals surface area contributed by atoms with Crippen molar-refractivity contribution in [2.24, 2.45) is 0 Å². The lowest BCUT2D eigenvalue weighted by Crippen LogP contribution is -2.05. The zero-order valence-corrected chi connectivity index (χ0v) is 8.77. The van der Waals surface area contributed by atoms with Crippen LogP contribution in [0.25, 0.3) is 11.1 Å². The summed E-state index contributed by atoms with van der Waals surface area (Å²) >= 11 is 0. The van der Waals surface area contributed by atoms with Crippen molar-refractivity contribution in [3.63, 3.8) is 0 Å². The number of nitrogen functional groups attached to an aromatic ring is 4. The van der Waals surface area contributed by atoms with E-state index in [4.69, 9.17) is 22.9 Å². The third-order valence-electron chi connectivity index (χ3n) is 2.57. The van der Waals surface area contributed by atoms with E-state index in [-0.39, 0.29) is 7.43 Å². The molecule has 0 aliphatic rings. The van der Waals surface area contributed by atoms with E-state index in [1.807, 2.05) is 30.3 Å². The van der Waals surface area contributed by atoms with E-state index in [9.17, 15) is 0 Å². The third-order valence-corrected chi connectivity index (χ3v) is 2.57. The number of benzene rings is 2. The van der Waals surface area contributed by atoms with Crippen LogP contribution in [0.1, 0.15) is 7.43 Å². The number of anilines is 4. The average molecular weight is 230 g/mol. The van der Waals surface area contributed by atoms with Crippen LogP contribution in [0.4, 0.5) is 22.7 Å². The first-order valence-electron chi connectivity index (χ1n) is 4.89. The molecule has 4 heteroatoms. The van der Waals surface area contributed by atoms with Crippen molar-refractivity contribution in [2.75, 3.05) is 22.9 Å². The Morgan fingerprint density at radius 1 is 0.706 bits per heavy atom. The highest BCUT2D eigenvalue weighted by Crippen LogP contribution is 2.37. The Balaban J connectivity index is 0.00000144. The molecule has 17 heavy (non-hydrogen) atoms. The number of rotatable bonds is 1. The molecule has 0 spiro atoms. The second kappa shape index (κ2) is 4.65. The Morgan fingerprint density at radius 3 is 1.88 bits per heavy atom. The van der Waals surface area contributed by atoms with E-state index in [1.54, 1.807) is 6.07 Å². The molecule has 0 bridgehead atoms. The molecule has 0 aliphatic heterocycles. The second-order valence-corrected chi connectivity index (χ2v) is 3.62. The van der Waals surface area contributed by atoms with Crippen LogP contribution in [0, 0.1) is 0 Å². The minimum Gasteiger partial charge on any atom is -0.397 e. The molecule has 0 aromatic heterocycles. The maximum atomic E-state index is 5.92. The van der Waals surface area contributed by atoms with Gasteiger partial charge < -0.3 is 22.9 Å². The van der Waals surface area contributed by atoms with Crippen LogP contribution in [0.3, 0.4) is 0 Å². The van der Waals surface area contributed by atoms with Crippen LogP contribution in [0.15, 0.2) is 36.4 Å². The summed E-state index contributed by atoms with van der Waals surface area (Å²) in [4.78, 5) is 0. The van der Waals surface area contributed by atoms with Gasteiger partial charge in [0.25, 0.3) is 0 Å². The minimum absolute atomic E-state index is 0. The van der Waals surface area contributed by atoms with Gasteiger partial charge in [-0.15, -0.1) is 0 Å². The molecule has 0 saturated carbocycles. The monoisotopic (exact) mass is 230 g/mol. The van der Waals surface area contributed by atoms with Crippen LogP contribution in [-0.2, 0) is 0 Å². The molecule has 0 radical (unpaired) electrons. The highest BCUT2D eigenvalue weighted by Gasteiger charge is 2.10. The third kappa shape index (κ3) is 2.10. The molecule has 0 unspecified atom stereocenters. The van der Waals surface area contributed by atoms with Crippen LogP contribution in [-0.4, -0.2) is 0 Å². The number of hydrogen-bond donors (Lipinski definition) is 4. The van der Waals surface area contributed by atoms with Gasteiger partial charge in [-0.3, -0.25) is 0 Å². The fourth-order valence-corrected chi connectivity index (χ4v) is 1.61. The van der Waals surface area contributed by atoms with Crippen molar-refractivity contribution in [1.29, 1.82) is 0 Å². The SMILES string of the molecule is C.Nc1cc(-c2ccccc2)c(N)c(N)c1N. The number of hydrogen-bond acceptors (Lipinski definition) is 4. The predicted molar refractivity (Wildman–Crippen MR) is 76.3 cm³/mol. The molecular formula is C13H18N4. The van der Waals surface area contributed by atoms with E-state index < -0.39 is 0 Å². The molecule has 0 amide bonds. The van der Waals surface area contributed by atoms with Crippen molar-refractivity contribution in [3.05, 3.63) is 36.4 Å². The predicted octanol–water partition coefficient (Wildman–Crippen LogP) is 2.32. The van der Waals surface area contributed by atoms with E-state index in [0.29, 0.717) is 22.7 Å². The van der Waals surface area contributed by atoms with Gasteiger partial charge in [0.15, 0.2) is 0 Å². The largest absolute Gasteiger partial charge is 0.397 e. The molecule has 4 nitrogen and oxygen atoms in total. The Labute approximate surface area is 101 Å². The second-order valence-electron chi connectivity index (χ2n) is 3.62. The van der Waals surface area contributed by atoms with E-state index in [0.717, 1.165) is 11.1 Å². The molecule has 0 aliphatic carbocycles. The normalized spacial score (nSPS) is 9.65. The highest BCUT2D eigenvalue weighted by atomic mass is 14.8. The maximum Gasteiger partial charge on any atom is 0.0809 e. The molecule has 0 fully saturated rings. The van der Waals surface area contributed by atoms with Crippen molar-refractivity contribution < 1.29 is 0 Å². The summed E-state index contributed by atoms with van der Waals surface area (Å²) in [5.41, 5.74) is 26.6. The fraction of sp³-hybridized carbons (Fsp3) is 0.0769. The molecule has 2 aromatic carbocycles. The van der Waals surface area contributed by atoms with E-state index >= 15 is 0 Å². The molecule has 8 N–H and O–H groups in total. The Kier molecular flexibility index (Phi) is 3.48. The zero-order chi connectivity index (χ0) is 11.7. The summed E-state index contributed by atoms with van der Waals surface area (Å²) in [5.74, 6) is 0. The quantitative estimate of drug-likeness (QED) is 0.564. The first-order valence-corrected chi connectivity index (χ1v) is 4.89. The zero-order valence-electron chi connectivity index (χ0n) is 8.77. The van der Waals surface area contributed by atoms with Gasteiger partial charge in [0.05, 0.1) is 22.7 Å². The standard InChI is InChI=1S/C12H14N4.CH4/c13-9-6-8(7-4-2-1-3-5-7)10(14)12(16)11(9)15;/h1-6H,13-16H2;1H4. The van der Waals surface area contributed by atoms with Gasteiger partial charge in [-0.05, 0) is 11.6 Å². The van der Waals surface area contributed by atoms with Gasteiger partial charge in [0.1, 0.15) is 0 Å². The van der Waals surface area contributed by atoms with Gasteiger partial charge >= 0.3 is 0 Å². The molecule has 0 saturated heterocycles. The van der Waals surface area contributed by atoms with Gasteiger partial charge in [-0.1, -0.05) is 37.8 Å². The van der Waals surface area contributed by atoms with Crippen molar-refractivity contribution in [1.82, 2.24) is 0 Å². The average Bonchev–Trinajstić information content (AvgIpc) is 2.32. The molecular weight excluding hydrogens is 212 g/mol. The summed E-state index contributed by atoms with van der Waals surface area (Å²) in [5, 5.41) is 0. The smallest absolute Gasteiger partial charge is 0.0809 e.